The Bertz CT molecular complexity index is 603. The lowest BCUT2D eigenvalue weighted by molar-refractivity contribution is -0.121. The molecule has 1 aromatic carbocycles. The highest BCUT2D eigenvalue weighted by molar-refractivity contribution is 6.29. The first kappa shape index (κ1) is 14.3. The fourth-order valence-corrected chi connectivity index (χ4v) is 1.90. The van der Waals surface area contributed by atoms with Gasteiger partial charge in [-0.25, -0.2) is 9.97 Å². The number of hydrogen-bond donors (Lipinski definition) is 2. The number of halogens is 1. The molecule has 0 spiro atoms. The minimum absolute atomic E-state index is 0.124. The summed E-state index contributed by atoms with van der Waals surface area (Å²) >= 11 is 6.01. The summed E-state index contributed by atoms with van der Waals surface area (Å²) in [7, 11) is 1.59. The van der Waals surface area contributed by atoms with Gasteiger partial charge in [0.05, 0.1) is 0 Å². The van der Waals surface area contributed by atoms with Gasteiger partial charge >= 0.3 is 0 Å². The Hall–Kier alpha value is -2.14. The molecule has 1 heterocycles. The Morgan fingerprint density at radius 1 is 1.25 bits per heavy atom. The van der Waals surface area contributed by atoms with Crippen molar-refractivity contribution >= 4 is 23.3 Å². The first-order valence-electron chi connectivity index (χ1n) is 6.18. The molecule has 2 rings (SSSR count). The summed E-state index contributed by atoms with van der Waals surface area (Å²) in [6.07, 6.45) is 0. The van der Waals surface area contributed by atoms with Gasteiger partial charge in [0.1, 0.15) is 17.0 Å². The van der Waals surface area contributed by atoms with Crippen molar-refractivity contribution in [2.24, 2.45) is 0 Å². The van der Waals surface area contributed by atoms with Gasteiger partial charge in [-0.05, 0) is 6.92 Å². The Labute approximate surface area is 122 Å². The van der Waals surface area contributed by atoms with Crippen molar-refractivity contribution in [1.82, 2.24) is 15.3 Å². The van der Waals surface area contributed by atoms with Crippen LogP contribution in [0, 0.1) is 0 Å². The lowest BCUT2D eigenvalue weighted by Gasteiger charge is -2.13. The highest BCUT2D eigenvalue weighted by Gasteiger charge is 2.13. The van der Waals surface area contributed by atoms with Crippen molar-refractivity contribution in [3.63, 3.8) is 0 Å². The van der Waals surface area contributed by atoms with E-state index in [1.54, 1.807) is 20.0 Å². The first-order valence-corrected chi connectivity index (χ1v) is 6.56. The predicted octanol–water partition coefficient (Wildman–Crippen LogP) is 2.34. The number of anilines is 1. The summed E-state index contributed by atoms with van der Waals surface area (Å²) < 4.78 is 0. The van der Waals surface area contributed by atoms with Crippen molar-refractivity contribution in [2.75, 3.05) is 12.4 Å². The van der Waals surface area contributed by atoms with Crippen molar-refractivity contribution in [2.45, 2.75) is 13.0 Å². The van der Waals surface area contributed by atoms with Gasteiger partial charge in [0.15, 0.2) is 5.82 Å². The van der Waals surface area contributed by atoms with E-state index in [4.69, 9.17) is 11.6 Å². The van der Waals surface area contributed by atoms with E-state index in [0.717, 1.165) is 5.56 Å². The molecule has 0 radical (unpaired) electrons. The van der Waals surface area contributed by atoms with E-state index >= 15 is 0 Å². The molecule has 0 aliphatic carbocycles. The average Bonchev–Trinajstić information content (AvgIpc) is 2.46. The summed E-state index contributed by atoms with van der Waals surface area (Å²) in [4.78, 5) is 20.1. The van der Waals surface area contributed by atoms with E-state index < -0.39 is 6.04 Å². The van der Waals surface area contributed by atoms with Crippen LogP contribution in [0.1, 0.15) is 6.92 Å². The number of likely N-dealkylation sites (N-methyl/N-ethyl adjacent to an activating group) is 1. The molecule has 1 amide bonds. The Kier molecular flexibility index (Phi) is 4.53. The predicted molar refractivity (Wildman–Crippen MR) is 79.6 cm³/mol. The van der Waals surface area contributed by atoms with Crippen LogP contribution in [0.4, 0.5) is 5.82 Å². The smallest absolute Gasteiger partial charge is 0.241 e. The third-order valence-corrected chi connectivity index (χ3v) is 2.92. The number of nitrogens with one attached hydrogen (secondary N) is 2. The zero-order valence-electron chi connectivity index (χ0n) is 11.2. The molecule has 1 aromatic heterocycles. The number of aromatic nitrogens is 2. The van der Waals surface area contributed by atoms with Crippen LogP contribution in [0.2, 0.25) is 5.15 Å². The van der Waals surface area contributed by atoms with Crippen LogP contribution in [0.5, 0.6) is 0 Å². The van der Waals surface area contributed by atoms with Gasteiger partial charge in [-0.2, -0.15) is 0 Å². The topological polar surface area (TPSA) is 66.9 Å². The van der Waals surface area contributed by atoms with Gasteiger partial charge in [-0.1, -0.05) is 41.9 Å². The summed E-state index contributed by atoms with van der Waals surface area (Å²) in [5, 5.41) is 5.89. The number of nitrogens with zero attached hydrogens (tertiary/aromatic N) is 2. The molecule has 0 bridgehead atoms. The number of carbonyl (C=O) groups excluding carboxylic acids is 1. The minimum atomic E-state index is -0.408. The van der Waals surface area contributed by atoms with Gasteiger partial charge in [0.25, 0.3) is 0 Å². The lowest BCUT2D eigenvalue weighted by atomic mass is 10.2. The zero-order chi connectivity index (χ0) is 14.5. The van der Waals surface area contributed by atoms with E-state index in [9.17, 15) is 4.79 Å². The molecule has 2 aromatic rings. The van der Waals surface area contributed by atoms with Crippen molar-refractivity contribution < 1.29 is 4.79 Å². The molecule has 1 unspecified atom stereocenters. The number of rotatable bonds is 4. The van der Waals surface area contributed by atoms with Gasteiger partial charge < -0.3 is 10.6 Å². The number of carbonyl (C=O) groups is 1. The molecule has 104 valence electrons. The second kappa shape index (κ2) is 6.34. The van der Waals surface area contributed by atoms with E-state index in [0.29, 0.717) is 16.8 Å². The normalized spacial score (nSPS) is 11.8. The first-order chi connectivity index (χ1) is 9.60. The summed E-state index contributed by atoms with van der Waals surface area (Å²) in [5.41, 5.74) is 0.866. The van der Waals surface area contributed by atoms with Crippen LogP contribution in [0.25, 0.3) is 11.4 Å². The van der Waals surface area contributed by atoms with E-state index in [2.05, 4.69) is 20.6 Å². The Morgan fingerprint density at radius 2 is 1.95 bits per heavy atom. The Morgan fingerprint density at radius 3 is 2.60 bits per heavy atom. The van der Waals surface area contributed by atoms with Crippen molar-refractivity contribution in [1.29, 1.82) is 0 Å². The molecule has 1 atom stereocenters. The van der Waals surface area contributed by atoms with Gasteiger partial charge in [0.2, 0.25) is 5.91 Å². The molecule has 20 heavy (non-hydrogen) atoms. The summed E-state index contributed by atoms with van der Waals surface area (Å²) in [6.45, 7) is 1.75. The van der Waals surface area contributed by atoms with Crippen molar-refractivity contribution in [3.8, 4) is 11.4 Å². The molecule has 0 saturated heterocycles. The molecular weight excluding hydrogens is 276 g/mol. The van der Waals surface area contributed by atoms with Gasteiger partial charge in [-0.3, -0.25) is 4.79 Å². The maximum Gasteiger partial charge on any atom is 0.241 e. The maximum absolute atomic E-state index is 11.5. The molecule has 0 saturated carbocycles. The van der Waals surface area contributed by atoms with E-state index in [1.807, 2.05) is 30.3 Å². The largest absolute Gasteiger partial charge is 0.358 e. The average molecular weight is 291 g/mol. The quantitative estimate of drug-likeness (QED) is 0.848. The lowest BCUT2D eigenvalue weighted by Crippen LogP contribution is -2.35. The third kappa shape index (κ3) is 3.45. The SMILES string of the molecule is CNC(=O)C(C)Nc1cc(Cl)nc(-c2ccccc2)n1. The number of hydrogen-bond acceptors (Lipinski definition) is 4. The highest BCUT2D eigenvalue weighted by Crippen LogP contribution is 2.20. The number of benzene rings is 1. The monoisotopic (exact) mass is 290 g/mol. The summed E-state index contributed by atoms with van der Waals surface area (Å²) in [5.74, 6) is 0.908. The molecule has 5 nitrogen and oxygen atoms in total. The fraction of sp³-hybridized carbons (Fsp3) is 0.214. The van der Waals surface area contributed by atoms with Crippen LogP contribution >= 0.6 is 11.6 Å². The zero-order valence-corrected chi connectivity index (χ0v) is 12.0. The fourth-order valence-electron chi connectivity index (χ4n) is 1.71. The molecule has 0 aliphatic heterocycles. The van der Waals surface area contributed by atoms with E-state index in [-0.39, 0.29) is 5.91 Å². The minimum Gasteiger partial charge on any atom is -0.358 e. The van der Waals surface area contributed by atoms with E-state index in [1.165, 1.54) is 0 Å². The third-order valence-electron chi connectivity index (χ3n) is 2.73. The molecule has 6 heteroatoms. The van der Waals surface area contributed by atoms with Crippen LogP contribution < -0.4 is 10.6 Å². The maximum atomic E-state index is 11.5. The highest BCUT2D eigenvalue weighted by atomic mass is 35.5. The van der Waals surface area contributed by atoms with Crippen LogP contribution in [-0.4, -0.2) is 29.0 Å². The van der Waals surface area contributed by atoms with Gasteiger partial charge in [-0.15, -0.1) is 0 Å². The standard InChI is InChI=1S/C14H15ClN4O/c1-9(14(20)16-2)17-12-8-11(15)18-13(19-12)10-6-4-3-5-7-10/h3-9H,1-2H3,(H,16,20)(H,17,18,19). The second-order valence-electron chi connectivity index (χ2n) is 4.25. The van der Waals surface area contributed by atoms with Gasteiger partial charge in [0, 0.05) is 18.7 Å². The van der Waals surface area contributed by atoms with Crippen LogP contribution in [0.15, 0.2) is 36.4 Å². The molecule has 0 fully saturated rings. The Balaban J connectivity index is 2.28. The van der Waals surface area contributed by atoms with Crippen LogP contribution in [-0.2, 0) is 4.79 Å². The molecule has 0 aliphatic rings. The molecule has 2 N–H and O–H groups in total. The molecular formula is C14H15ClN4O. The number of amides is 1. The van der Waals surface area contributed by atoms with Crippen LogP contribution in [0.3, 0.4) is 0 Å². The summed E-state index contributed by atoms with van der Waals surface area (Å²) in [6, 6.07) is 10.7. The van der Waals surface area contributed by atoms with Crippen molar-refractivity contribution in [3.05, 3.63) is 41.6 Å². The second-order valence-corrected chi connectivity index (χ2v) is 4.63.